The zero-order valence-corrected chi connectivity index (χ0v) is 13.3. The van der Waals surface area contributed by atoms with E-state index in [9.17, 15) is 14.0 Å². The monoisotopic (exact) mass is 324 g/mol. The lowest BCUT2D eigenvalue weighted by molar-refractivity contribution is -0.139. The Morgan fingerprint density at radius 1 is 1.13 bits per heavy atom. The molecule has 1 heterocycles. The van der Waals surface area contributed by atoms with Crippen molar-refractivity contribution in [2.45, 2.75) is 20.0 Å². The van der Waals surface area contributed by atoms with E-state index in [0.29, 0.717) is 38.5 Å². The first kappa shape index (κ1) is 17.1. The van der Waals surface area contributed by atoms with Gasteiger partial charge in [-0.05, 0) is 38.1 Å². The van der Waals surface area contributed by atoms with Crippen molar-refractivity contribution in [3.63, 3.8) is 0 Å². The number of rotatable bonds is 4. The highest BCUT2D eigenvalue weighted by molar-refractivity contribution is 5.81. The van der Waals surface area contributed by atoms with Gasteiger partial charge in [0.25, 0.3) is 5.91 Å². The average Bonchev–Trinajstić information content (AvgIpc) is 2.56. The summed E-state index contributed by atoms with van der Waals surface area (Å²) in [5.41, 5.74) is 0. The van der Waals surface area contributed by atoms with Gasteiger partial charge in [-0.25, -0.2) is 9.18 Å². The van der Waals surface area contributed by atoms with Crippen molar-refractivity contribution in [3.05, 3.63) is 30.1 Å². The summed E-state index contributed by atoms with van der Waals surface area (Å²) in [5.74, 6) is -0.0679. The lowest BCUT2D eigenvalue weighted by Crippen LogP contribution is -2.53. The van der Waals surface area contributed by atoms with Crippen molar-refractivity contribution in [3.8, 4) is 5.75 Å². The third kappa shape index (κ3) is 4.58. The Kier molecular flexibility index (Phi) is 5.78. The summed E-state index contributed by atoms with van der Waals surface area (Å²) in [6, 6.07) is 5.53. The highest BCUT2D eigenvalue weighted by atomic mass is 19.1. The molecule has 0 aromatic heterocycles. The van der Waals surface area contributed by atoms with Gasteiger partial charge < -0.3 is 19.3 Å². The summed E-state index contributed by atoms with van der Waals surface area (Å²) in [6.07, 6.45) is -1.02. The van der Waals surface area contributed by atoms with Crippen LogP contribution in [0.15, 0.2) is 24.3 Å². The fourth-order valence-corrected chi connectivity index (χ4v) is 2.35. The molecule has 0 bridgehead atoms. The van der Waals surface area contributed by atoms with Crippen LogP contribution in [-0.4, -0.2) is 60.7 Å². The van der Waals surface area contributed by atoms with E-state index < -0.39 is 6.10 Å². The van der Waals surface area contributed by atoms with E-state index in [2.05, 4.69) is 0 Å². The number of nitrogens with zero attached hydrogens (tertiary/aromatic N) is 2. The topological polar surface area (TPSA) is 59.1 Å². The Labute approximate surface area is 134 Å². The smallest absolute Gasteiger partial charge is 0.409 e. The van der Waals surface area contributed by atoms with E-state index in [1.807, 2.05) is 0 Å². The summed E-state index contributed by atoms with van der Waals surface area (Å²) in [5, 5.41) is 0. The van der Waals surface area contributed by atoms with Crippen LogP contribution in [-0.2, 0) is 9.53 Å². The normalized spacial score (nSPS) is 16.0. The van der Waals surface area contributed by atoms with E-state index in [4.69, 9.17) is 9.47 Å². The Hall–Kier alpha value is -2.31. The summed E-state index contributed by atoms with van der Waals surface area (Å²) < 4.78 is 23.3. The third-order valence-electron chi connectivity index (χ3n) is 3.59. The molecule has 0 aliphatic carbocycles. The highest BCUT2D eigenvalue weighted by Gasteiger charge is 2.28. The van der Waals surface area contributed by atoms with Crippen LogP contribution >= 0.6 is 0 Å². The molecule has 1 aliphatic heterocycles. The molecule has 1 saturated heterocycles. The second-order valence-electron chi connectivity index (χ2n) is 5.23. The largest absolute Gasteiger partial charge is 0.481 e. The number of hydrogen-bond acceptors (Lipinski definition) is 4. The molecule has 1 aliphatic rings. The van der Waals surface area contributed by atoms with Crippen molar-refractivity contribution in [1.82, 2.24) is 9.80 Å². The van der Waals surface area contributed by atoms with Gasteiger partial charge in [0.2, 0.25) is 0 Å². The second-order valence-corrected chi connectivity index (χ2v) is 5.23. The maximum atomic E-state index is 12.9. The summed E-state index contributed by atoms with van der Waals surface area (Å²) in [6.45, 7) is 5.50. The van der Waals surface area contributed by atoms with Crippen molar-refractivity contribution < 1.29 is 23.5 Å². The summed E-state index contributed by atoms with van der Waals surface area (Å²) >= 11 is 0. The van der Waals surface area contributed by atoms with Crippen molar-refractivity contribution in [2.24, 2.45) is 0 Å². The van der Waals surface area contributed by atoms with Gasteiger partial charge in [0, 0.05) is 26.2 Å². The molecule has 2 rings (SSSR count). The lowest BCUT2D eigenvalue weighted by atomic mass is 10.2. The standard InChI is InChI=1S/C16H21FN2O4/c1-3-22-16(21)19-10-8-18(9-11-19)15(20)12(2)23-14-6-4-13(17)5-7-14/h4-7,12H,3,8-11H2,1-2H3/t12-/m0/s1. The van der Waals surface area contributed by atoms with E-state index in [-0.39, 0.29) is 17.8 Å². The van der Waals surface area contributed by atoms with Crippen molar-refractivity contribution in [2.75, 3.05) is 32.8 Å². The molecule has 1 atom stereocenters. The molecule has 0 spiro atoms. The van der Waals surface area contributed by atoms with Crippen molar-refractivity contribution in [1.29, 1.82) is 0 Å². The van der Waals surface area contributed by atoms with Crippen LogP contribution in [0.4, 0.5) is 9.18 Å². The minimum absolute atomic E-state index is 0.155. The average molecular weight is 324 g/mol. The summed E-state index contributed by atoms with van der Waals surface area (Å²) in [4.78, 5) is 27.2. The molecule has 23 heavy (non-hydrogen) atoms. The first-order valence-corrected chi connectivity index (χ1v) is 7.64. The van der Waals surface area contributed by atoms with Crippen molar-refractivity contribution >= 4 is 12.0 Å². The fraction of sp³-hybridized carbons (Fsp3) is 0.500. The molecule has 7 heteroatoms. The SMILES string of the molecule is CCOC(=O)N1CCN(C(=O)[C@H](C)Oc2ccc(F)cc2)CC1. The van der Waals surface area contributed by atoms with Crippen LogP contribution in [0.1, 0.15) is 13.8 Å². The number of ether oxygens (including phenoxy) is 2. The number of halogens is 1. The van der Waals surface area contributed by atoms with E-state index in [0.717, 1.165) is 0 Å². The Morgan fingerprint density at radius 2 is 1.70 bits per heavy atom. The first-order valence-electron chi connectivity index (χ1n) is 7.64. The van der Waals surface area contributed by atoms with Gasteiger partial charge in [-0.15, -0.1) is 0 Å². The predicted octanol–water partition coefficient (Wildman–Crippen LogP) is 1.89. The van der Waals surface area contributed by atoms with Gasteiger partial charge in [-0.1, -0.05) is 0 Å². The van der Waals surface area contributed by atoms with Crippen LogP contribution in [0, 0.1) is 5.82 Å². The number of hydrogen-bond donors (Lipinski definition) is 0. The maximum Gasteiger partial charge on any atom is 0.409 e. The molecule has 0 radical (unpaired) electrons. The van der Waals surface area contributed by atoms with Crippen LogP contribution < -0.4 is 4.74 Å². The van der Waals surface area contributed by atoms with Crippen LogP contribution in [0.3, 0.4) is 0 Å². The number of piperazine rings is 1. The van der Waals surface area contributed by atoms with Crippen LogP contribution in [0.25, 0.3) is 0 Å². The van der Waals surface area contributed by atoms with Crippen LogP contribution in [0.5, 0.6) is 5.75 Å². The Bertz CT molecular complexity index is 542. The number of carbonyl (C=O) groups is 2. The maximum absolute atomic E-state index is 12.9. The third-order valence-corrected chi connectivity index (χ3v) is 3.59. The van der Waals surface area contributed by atoms with E-state index in [1.54, 1.807) is 23.6 Å². The quantitative estimate of drug-likeness (QED) is 0.849. The van der Waals surface area contributed by atoms with Gasteiger partial charge in [-0.3, -0.25) is 4.79 Å². The number of carbonyl (C=O) groups excluding carboxylic acids is 2. The molecular formula is C16H21FN2O4. The Morgan fingerprint density at radius 3 is 2.26 bits per heavy atom. The fourth-order valence-electron chi connectivity index (χ4n) is 2.35. The molecule has 6 nitrogen and oxygen atoms in total. The van der Waals surface area contributed by atoms with Gasteiger partial charge in [0.05, 0.1) is 6.61 Å². The summed E-state index contributed by atoms with van der Waals surface area (Å²) in [7, 11) is 0. The van der Waals surface area contributed by atoms with Gasteiger partial charge >= 0.3 is 6.09 Å². The van der Waals surface area contributed by atoms with E-state index >= 15 is 0 Å². The molecule has 2 amide bonds. The molecule has 0 saturated carbocycles. The molecule has 1 aromatic rings. The minimum Gasteiger partial charge on any atom is -0.481 e. The van der Waals surface area contributed by atoms with Crippen LogP contribution in [0.2, 0.25) is 0 Å². The van der Waals surface area contributed by atoms with E-state index in [1.165, 1.54) is 24.3 Å². The molecular weight excluding hydrogens is 303 g/mol. The molecule has 1 aromatic carbocycles. The van der Waals surface area contributed by atoms with Gasteiger partial charge in [-0.2, -0.15) is 0 Å². The predicted molar refractivity (Wildman–Crippen MR) is 81.7 cm³/mol. The molecule has 126 valence electrons. The molecule has 0 N–H and O–H groups in total. The molecule has 1 fully saturated rings. The zero-order chi connectivity index (χ0) is 16.8. The number of benzene rings is 1. The number of amides is 2. The molecule has 0 unspecified atom stereocenters. The zero-order valence-electron chi connectivity index (χ0n) is 13.3. The minimum atomic E-state index is -0.672. The Balaban J connectivity index is 1.84. The second kappa shape index (κ2) is 7.80. The lowest BCUT2D eigenvalue weighted by Gasteiger charge is -2.35. The van der Waals surface area contributed by atoms with Gasteiger partial charge in [0.1, 0.15) is 11.6 Å². The first-order chi connectivity index (χ1) is 11.0. The van der Waals surface area contributed by atoms with Gasteiger partial charge in [0.15, 0.2) is 6.10 Å². The highest BCUT2D eigenvalue weighted by Crippen LogP contribution is 2.15.